The molecule has 0 spiro atoms. The summed E-state index contributed by atoms with van der Waals surface area (Å²) in [4.78, 5) is 24.0. The second-order valence-electron chi connectivity index (χ2n) is 6.60. The van der Waals surface area contributed by atoms with Crippen molar-refractivity contribution >= 4 is 17.9 Å². The van der Waals surface area contributed by atoms with Gasteiger partial charge in [0.1, 0.15) is 12.3 Å². The van der Waals surface area contributed by atoms with E-state index in [1.807, 2.05) is 31.2 Å². The number of hydrogen-bond donors (Lipinski definition) is 1. The van der Waals surface area contributed by atoms with Gasteiger partial charge in [0.25, 0.3) is 0 Å². The summed E-state index contributed by atoms with van der Waals surface area (Å²) in [5.74, 6) is -0.724. The van der Waals surface area contributed by atoms with E-state index in [4.69, 9.17) is 4.74 Å². The Kier molecular flexibility index (Phi) is 10.6. The van der Waals surface area contributed by atoms with Crippen LogP contribution in [0.3, 0.4) is 0 Å². The average Bonchev–Trinajstić information content (AvgIpc) is 2.61. The minimum atomic E-state index is -0.629. The lowest BCUT2D eigenvalue weighted by molar-refractivity contribution is -0.146. The summed E-state index contributed by atoms with van der Waals surface area (Å²) in [5, 5.41) is 3.20. The minimum absolute atomic E-state index is 0.313. The third kappa shape index (κ3) is 8.19. The van der Waals surface area contributed by atoms with Crippen LogP contribution in [0.4, 0.5) is 5.69 Å². The molecule has 25 heavy (non-hydrogen) atoms. The summed E-state index contributed by atoms with van der Waals surface area (Å²) >= 11 is 0. The molecule has 0 bridgehead atoms. The molecule has 0 aliphatic heterocycles. The number of anilines is 1. The van der Waals surface area contributed by atoms with Gasteiger partial charge in [-0.05, 0) is 32.4 Å². The molecule has 1 aromatic rings. The van der Waals surface area contributed by atoms with Crippen molar-refractivity contribution in [1.29, 1.82) is 0 Å². The van der Waals surface area contributed by atoms with Crippen LogP contribution in [0.5, 0.6) is 0 Å². The molecule has 0 heterocycles. The monoisotopic (exact) mass is 347 g/mol. The van der Waals surface area contributed by atoms with E-state index in [0.717, 1.165) is 30.4 Å². The molecule has 1 N–H and O–H groups in total. The number of carbonyl (C=O) groups is 2. The topological polar surface area (TPSA) is 55.4 Å². The molecule has 0 aromatic heterocycles. The molecule has 0 aliphatic rings. The van der Waals surface area contributed by atoms with Crippen molar-refractivity contribution < 1.29 is 14.3 Å². The molecule has 0 fully saturated rings. The van der Waals surface area contributed by atoms with Crippen LogP contribution >= 0.6 is 0 Å². The van der Waals surface area contributed by atoms with Crippen LogP contribution in [-0.4, -0.2) is 24.9 Å². The molecular weight excluding hydrogens is 314 g/mol. The van der Waals surface area contributed by atoms with Crippen molar-refractivity contribution in [3.8, 4) is 0 Å². The Morgan fingerprint density at radius 3 is 2.32 bits per heavy atom. The fourth-order valence-electron chi connectivity index (χ4n) is 2.88. The third-order valence-corrected chi connectivity index (χ3v) is 4.41. The lowest BCUT2D eigenvalue weighted by atomic mass is 9.93. The molecule has 0 saturated heterocycles. The average molecular weight is 347 g/mol. The maximum Gasteiger partial charge on any atom is 0.329 e. The first-order valence-electron chi connectivity index (χ1n) is 9.57. The second kappa shape index (κ2) is 12.5. The van der Waals surface area contributed by atoms with Crippen LogP contribution in [0.15, 0.2) is 24.3 Å². The number of rotatable bonds is 13. The van der Waals surface area contributed by atoms with Crippen molar-refractivity contribution in [2.75, 3.05) is 11.9 Å². The first-order valence-corrected chi connectivity index (χ1v) is 9.57. The highest BCUT2D eigenvalue weighted by Crippen LogP contribution is 2.19. The van der Waals surface area contributed by atoms with Gasteiger partial charge >= 0.3 is 5.97 Å². The van der Waals surface area contributed by atoms with E-state index in [1.54, 1.807) is 6.92 Å². The number of carbonyl (C=O) groups excluding carboxylic acids is 2. The molecule has 1 aromatic carbocycles. The van der Waals surface area contributed by atoms with Crippen molar-refractivity contribution in [1.82, 2.24) is 0 Å². The van der Waals surface area contributed by atoms with Gasteiger partial charge in [0, 0.05) is 11.6 Å². The smallest absolute Gasteiger partial charge is 0.329 e. The summed E-state index contributed by atoms with van der Waals surface area (Å²) in [5.41, 5.74) is 1.98. The number of benzene rings is 1. The zero-order valence-electron chi connectivity index (χ0n) is 15.9. The van der Waals surface area contributed by atoms with Crippen molar-refractivity contribution in [2.45, 2.75) is 71.8 Å². The largest absolute Gasteiger partial charge is 0.464 e. The maximum atomic E-state index is 12.3. The molecule has 0 amide bonds. The highest BCUT2D eigenvalue weighted by molar-refractivity contribution is 5.83. The van der Waals surface area contributed by atoms with E-state index >= 15 is 0 Å². The Morgan fingerprint density at radius 1 is 1.08 bits per heavy atom. The summed E-state index contributed by atoms with van der Waals surface area (Å²) in [6.07, 6.45) is 8.58. The first-order chi connectivity index (χ1) is 12.1. The number of esters is 1. The van der Waals surface area contributed by atoms with Crippen LogP contribution < -0.4 is 5.32 Å². The Labute approximate surface area is 152 Å². The zero-order valence-corrected chi connectivity index (χ0v) is 15.9. The Hall–Kier alpha value is -1.84. The molecule has 2 unspecified atom stereocenters. The number of aldehydes is 1. The third-order valence-electron chi connectivity index (χ3n) is 4.41. The van der Waals surface area contributed by atoms with E-state index in [2.05, 4.69) is 12.2 Å². The SMILES string of the molecule is CCCCCCCCC(C=O)C(Nc1ccc(C)cc1)C(=O)OCC. The number of unbranched alkanes of at least 4 members (excludes halogenated alkanes) is 5. The maximum absolute atomic E-state index is 12.3. The van der Waals surface area contributed by atoms with Crippen molar-refractivity contribution in [2.24, 2.45) is 5.92 Å². The van der Waals surface area contributed by atoms with E-state index < -0.39 is 6.04 Å². The molecule has 4 heteroatoms. The molecule has 0 saturated carbocycles. The zero-order chi connectivity index (χ0) is 18.5. The summed E-state index contributed by atoms with van der Waals surface area (Å²) in [7, 11) is 0. The molecule has 1 rings (SSSR count). The lowest BCUT2D eigenvalue weighted by Gasteiger charge is -2.23. The highest BCUT2D eigenvalue weighted by atomic mass is 16.5. The Bertz CT molecular complexity index is 498. The molecule has 4 nitrogen and oxygen atoms in total. The molecular formula is C21H33NO3. The van der Waals surface area contributed by atoms with Gasteiger partial charge in [-0.2, -0.15) is 0 Å². The van der Waals surface area contributed by atoms with Gasteiger partial charge < -0.3 is 14.8 Å². The van der Waals surface area contributed by atoms with Gasteiger partial charge in [-0.1, -0.05) is 63.1 Å². The fourth-order valence-corrected chi connectivity index (χ4v) is 2.88. The Balaban J connectivity index is 2.66. The van der Waals surface area contributed by atoms with Crippen LogP contribution in [0.2, 0.25) is 0 Å². The first kappa shape index (κ1) is 21.2. The highest BCUT2D eigenvalue weighted by Gasteiger charge is 2.29. The Morgan fingerprint density at radius 2 is 1.72 bits per heavy atom. The fraction of sp³-hybridized carbons (Fsp3) is 0.619. The van der Waals surface area contributed by atoms with E-state index in [-0.39, 0.29) is 11.9 Å². The van der Waals surface area contributed by atoms with E-state index in [9.17, 15) is 9.59 Å². The summed E-state index contributed by atoms with van der Waals surface area (Å²) < 4.78 is 5.18. The number of nitrogens with one attached hydrogen (secondary N) is 1. The van der Waals surface area contributed by atoms with Crippen LogP contribution in [0.1, 0.15) is 64.4 Å². The summed E-state index contributed by atoms with van der Waals surface area (Å²) in [6, 6.07) is 7.18. The van der Waals surface area contributed by atoms with Crippen LogP contribution in [0, 0.1) is 12.8 Å². The lowest BCUT2D eigenvalue weighted by Crippen LogP contribution is -2.39. The molecule has 2 atom stereocenters. The van der Waals surface area contributed by atoms with Gasteiger partial charge in [-0.15, -0.1) is 0 Å². The minimum Gasteiger partial charge on any atom is -0.464 e. The number of hydrogen-bond acceptors (Lipinski definition) is 4. The van der Waals surface area contributed by atoms with E-state index in [1.165, 1.54) is 25.7 Å². The molecule has 0 aliphatic carbocycles. The number of aryl methyl sites for hydroxylation is 1. The van der Waals surface area contributed by atoms with Crippen LogP contribution in [-0.2, 0) is 14.3 Å². The quantitative estimate of drug-likeness (QED) is 0.313. The van der Waals surface area contributed by atoms with Gasteiger partial charge in [-0.25, -0.2) is 4.79 Å². The molecule has 140 valence electrons. The van der Waals surface area contributed by atoms with Crippen molar-refractivity contribution in [3.05, 3.63) is 29.8 Å². The summed E-state index contributed by atoms with van der Waals surface area (Å²) in [6.45, 7) is 6.31. The van der Waals surface area contributed by atoms with E-state index in [0.29, 0.717) is 13.0 Å². The van der Waals surface area contributed by atoms with Gasteiger partial charge in [0.05, 0.1) is 6.61 Å². The van der Waals surface area contributed by atoms with Gasteiger partial charge in [0.2, 0.25) is 0 Å². The van der Waals surface area contributed by atoms with Gasteiger partial charge in [-0.3, -0.25) is 0 Å². The second-order valence-corrected chi connectivity index (χ2v) is 6.60. The predicted octanol–water partition coefficient (Wildman–Crippen LogP) is 4.90. The normalized spacial score (nSPS) is 13.1. The number of ether oxygens (including phenoxy) is 1. The standard InChI is InChI=1S/C21H33NO3/c1-4-6-7-8-9-10-11-18(16-23)20(21(24)25-5-2)22-19-14-12-17(3)13-15-19/h12-16,18,20,22H,4-11H2,1-3H3. The molecule has 0 radical (unpaired) electrons. The predicted molar refractivity (Wildman–Crippen MR) is 103 cm³/mol. The van der Waals surface area contributed by atoms with Gasteiger partial charge in [0.15, 0.2) is 0 Å². The van der Waals surface area contributed by atoms with Crippen molar-refractivity contribution in [3.63, 3.8) is 0 Å². The van der Waals surface area contributed by atoms with Crippen LogP contribution in [0.25, 0.3) is 0 Å².